The number of carbonyl (C=O) groups is 2. The van der Waals surface area contributed by atoms with Crippen LogP contribution in [0.25, 0.3) is 11.3 Å². The zero-order valence-corrected chi connectivity index (χ0v) is 15.9. The molecule has 0 saturated carbocycles. The molecule has 6 nitrogen and oxygen atoms in total. The van der Waals surface area contributed by atoms with Crippen molar-refractivity contribution in [2.45, 2.75) is 27.7 Å². The van der Waals surface area contributed by atoms with Gasteiger partial charge in [-0.2, -0.15) is 0 Å². The minimum atomic E-state index is -0.418. The molecule has 2 aromatic rings. The Labute approximate surface area is 154 Å². The van der Waals surface area contributed by atoms with E-state index in [1.807, 2.05) is 30.3 Å². The lowest BCUT2D eigenvalue weighted by molar-refractivity contribution is -0.131. The van der Waals surface area contributed by atoms with Crippen LogP contribution in [0.15, 0.2) is 40.9 Å². The van der Waals surface area contributed by atoms with Gasteiger partial charge >= 0.3 is 0 Å². The molecule has 0 saturated heterocycles. The number of rotatable bonds is 8. The van der Waals surface area contributed by atoms with Crippen LogP contribution in [0, 0.1) is 11.8 Å². The Balaban J connectivity index is 1.95. The fraction of sp³-hybridized carbons (Fsp3) is 0.450. The highest BCUT2D eigenvalue weighted by Crippen LogP contribution is 2.19. The second-order valence-corrected chi connectivity index (χ2v) is 7.21. The third-order valence-electron chi connectivity index (χ3n) is 3.73. The third kappa shape index (κ3) is 5.72. The zero-order valence-electron chi connectivity index (χ0n) is 15.9. The average Bonchev–Trinajstić information content (AvgIpc) is 3.09. The van der Waals surface area contributed by atoms with Gasteiger partial charge in [-0.25, -0.2) is 0 Å². The van der Waals surface area contributed by atoms with Crippen molar-refractivity contribution in [3.05, 3.63) is 42.1 Å². The summed E-state index contributed by atoms with van der Waals surface area (Å²) >= 11 is 0. The highest BCUT2D eigenvalue weighted by molar-refractivity contribution is 5.95. The summed E-state index contributed by atoms with van der Waals surface area (Å²) in [6.45, 7) is 9.58. The van der Waals surface area contributed by atoms with E-state index >= 15 is 0 Å². The minimum Gasteiger partial charge on any atom is -0.355 e. The summed E-state index contributed by atoms with van der Waals surface area (Å²) in [7, 11) is 0. The van der Waals surface area contributed by atoms with E-state index in [-0.39, 0.29) is 18.1 Å². The SMILES string of the molecule is CC(C)CN(CC(C)C)C(=O)CNC(=O)c1cc(-c2ccccc2)on1. The number of hydrogen-bond donors (Lipinski definition) is 1. The summed E-state index contributed by atoms with van der Waals surface area (Å²) < 4.78 is 5.23. The van der Waals surface area contributed by atoms with E-state index in [9.17, 15) is 9.59 Å². The number of carbonyl (C=O) groups excluding carboxylic acids is 2. The molecule has 0 radical (unpaired) electrons. The number of hydrogen-bond acceptors (Lipinski definition) is 4. The lowest BCUT2D eigenvalue weighted by atomic mass is 10.1. The maximum atomic E-state index is 12.4. The molecule has 0 atom stereocenters. The van der Waals surface area contributed by atoms with Gasteiger partial charge < -0.3 is 14.7 Å². The topological polar surface area (TPSA) is 75.4 Å². The fourth-order valence-corrected chi connectivity index (χ4v) is 2.64. The maximum Gasteiger partial charge on any atom is 0.273 e. The van der Waals surface area contributed by atoms with Crippen LogP contribution in [0.5, 0.6) is 0 Å². The first-order valence-corrected chi connectivity index (χ1v) is 8.95. The molecule has 140 valence electrons. The Morgan fingerprint density at radius 2 is 1.69 bits per heavy atom. The Hall–Kier alpha value is -2.63. The fourth-order valence-electron chi connectivity index (χ4n) is 2.64. The molecule has 1 aromatic heterocycles. The lowest BCUT2D eigenvalue weighted by Crippen LogP contribution is -2.43. The molecule has 1 aromatic carbocycles. The van der Waals surface area contributed by atoms with Gasteiger partial charge in [0.15, 0.2) is 11.5 Å². The standard InChI is InChI=1S/C20H27N3O3/c1-14(2)12-23(13-15(3)4)19(24)11-21-20(25)17-10-18(26-22-17)16-8-6-5-7-9-16/h5-10,14-15H,11-13H2,1-4H3,(H,21,25). The zero-order chi connectivity index (χ0) is 19.1. The van der Waals surface area contributed by atoms with Gasteiger partial charge in [-0.1, -0.05) is 63.2 Å². The molecule has 0 aliphatic rings. The first kappa shape index (κ1) is 19.7. The van der Waals surface area contributed by atoms with Gasteiger partial charge in [-0.05, 0) is 11.8 Å². The van der Waals surface area contributed by atoms with E-state index in [0.717, 1.165) is 5.56 Å². The Kier molecular flexibility index (Phi) is 6.95. The van der Waals surface area contributed by atoms with Crippen LogP contribution >= 0.6 is 0 Å². The van der Waals surface area contributed by atoms with E-state index in [1.165, 1.54) is 0 Å². The molecule has 1 N–H and O–H groups in total. The van der Waals surface area contributed by atoms with Crippen molar-refractivity contribution < 1.29 is 14.1 Å². The molecular formula is C20H27N3O3. The molecule has 6 heteroatoms. The Morgan fingerprint density at radius 3 is 2.27 bits per heavy atom. The van der Waals surface area contributed by atoms with Crippen LogP contribution in [0.4, 0.5) is 0 Å². The van der Waals surface area contributed by atoms with Gasteiger partial charge in [0, 0.05) is 24.7 Å². The van der Waals surface area contributed by atoms with Gasteiger partial charge in [0.1, 0.15) is 0 Å². The molecule has 0 fully saturated rings. The molecule has 2 rings (SSSR count). The highest BCUT2D eigenvalue weighted by atomic mass is 16.5. The molecule has 26 heavy (non-hydrogen) atoms. The Bertz CT molecular complexity index is 713. The van der Waals surface area contributed by atoms with Crippen molar-refractivity contribution in [2.24, 2.45) is 11.8 Å². The van der Waals surface area contributed by atoms with E-state index < -0.39 is 5.91 Å². The second kappa shape index (κ2) is 9.17. The quantitative estimate of drug-likeness (QED) is 0.787. The second-order valence-electron chi connectivity index (χ2n) is 7.21. The molecule has 1 heterocycles. The number of amides is 2. The summed E-state index contributed by atoms with van der Waals surface area (Å²) in [5, 5.41) is 6.44. The van der Waals surface area contributed by atoms with Gasteiger partial charge in [-0.3, -0.25) is 9.59 Å². The van der Waals surface area contributed by atoms with Gasteiger partial charge in [0.05, 0.1) is 6.54 Å². The molecular weight excluding hydrogens is 330 g/mol. The van der Waals surface area contributed by atoms with Crippen molar-refractivity contribution >= 4 is 11.8 Å². The lowest BCUT2D eigenvalue weighted by Gasteiger charge is -2.26. The number of nitrogens with zero attached hydrogens (tertiary/aromatic N) is 2. The molecule has 0 aliphatic heterocycles. The van der Waals surface area contributed by atoms with Crippen molar-refractivity contribution in [1.82, 2.24) is 15.4 Å². The van der Waals surface area contributed by atoms with E-state index in [0.29, 0.717) is 30.7 Å². The summed E-state index contributed by atoms with van der Waals surface area (Å²) in [4.78, 5) is 26.5. The van der Waals surface area contributed by atoms with Crippen LogP contribution in [0.2, 0.25) is 0 Å². The van der Waals surface area contributed by atoms with Crippen LogP contribution in [0.1, 0.15) is 38.2 Å². The minimum absolute atomic E-state index is 0.0498. The van der Waals surface area contributed by atoms with Gasteiger partial charge in [-0.15, -0.1) is 0 Å². The van der Waals surface area contributed by atoms with Gasteiger partial charge in [0.25, 0.3) is 5.91 Å². The van der Waals surface area contributed by atoms with Crippen molar-refractivity contribution in [1.29, 1.82) is 0 Å². The largest absolute Gasteiger partial charge is 0.355 e. The number of nitrogens with one attached hydrogen (secondary N) is 1. The first-order valence-electron chi connectivity index (χ1n) is 8.95. The van der Waals surface area contributed by atoms with Gasteiger partial charge in [0.2, 0.25) is 5.91 Å². The summed E-state index contributed by atoms with van der Waals surface area (Å²) in [5.41, 5.74) is 1.01. The summed E-state index contributed by atoms with van der Waals surface area (Å²) in [5.74, 6) is 0.754. The third-order valence-corrected chi connectivity index (χ3v) is 3.73. The van der Waals surface area contributed by atoms with Crippen molar-refractivity contribution in [3.8, 4) is 11.3 Å². The molecule has 0 spiro atoms. The normalized spacial score (nSPS) is 11.0. The number of benzene rings is 1. The van der Waals surface area contributed by atoms with Crippen LogP contribution < -0.4 is 5.32 Å². The number of aromatic nitrogens is 1. The van der Waals surface area contributed by atoms with E-state index in [2.05, 4.69) is 38.2 Å². The van der Waals surface area contributed by atoms with Crippen LogP contribution in [0.3, 0.4) is 0 Å². The molecule has 0 bridgehead atoms. The maximum absolute atomic E-state index is 12.4. The van der Waals surface area contributed by atoms with Crippen LogP contribution in [-0.4, -0.2) is 41.5 Å². The molecule has 2 amide bonds. The predicted octanol–water partition coefficient (Wildman–Crippen LogP) is 3.21. The Morgan fingerprint density at radius 1 is 1.08 bits per heavy atom. The van der Waals surface area contributed by atoms with Crippen molar-refractivity contribution in [2.75, 3.05) is 19.6 Å². The summed E-state index contributed by atoms with van der Waals surface area (Å²) in [6, 6.07) is 11.0. The molecule has 0 unspecified atom stereocenters. The van der Waals surface area contributed by atoms with E-state index in [4.69, 9.17) is 4.52 Å². The monoisotopic (exact) mass is 357 g/mol. The average molecular weight is 357 g/mol. The van der Waals surface area contributed by atoms with Crippen molar-refractivity contribution in [3.63, 3.8) is 0 Å². The highest BCUT2D eigenvalue weighted by Gasteiger charge is 2.19. The smallest absolute Gasteiger partial charge is 0.273 e. The summed E-state index contributed by atoms with van der Waals surface area (Å²) in [6.07, 6.45) is 0. The predicted molar refractivity (Wildman–Crippen MR) is 101 cm³/mol. The van der Waals surface area contributed by atoms with Crippen LogP contribution in [-0.2, 0) is 4.79 Å². The first-order chi connectivity index (χ1) is 12.4. The van der Waals surface area contributed by atoms with E-state index in [1.54, 1.807) is 11.0 Å². The molecule has 0 aliphatic carbocycles.